The van der Waals surface area contributed by atoms with Crippen molar-refractivity contribution in [3.05, 3.63) is 50.6 Å². The predicted octanol–water partition coefficient (Wildman–Crippen LogP) is 5.92. The lowest BCUT2D eigenvalue weighted by atomic mass is 9.94. The van der Waals surface area contributed by atoms with E-state index in [1.54, 1.807) is 6.20 Å². The van der Waals surface area contributed by atoms with Crippen LogP contribution in [0, 0.1) is 13.8 Å². The van der Waals surface area contributed by atoms with E-state index in [2.05, 4.69) is 32.8 Å². The molecule has 27 heavy (non-hydrogen) atoms. The fraction of sp³-hybridized carbons (Fsp3) is 0.400. The number of fused-ring (bicyclic) bond motifs is 1. The molecule has 0 bridgehead atoms. The number of hydrogen-bond acceptors (Lipinski definition) is 4. The first-order chi connectivity index (χ1) is 12.9. The highest BCUT2D eigenvalue weighted by Crippen LogP contribution is 2.39. The summed E-state index contributed by atoms with van der Waals surface area (Å²) in [5, 5.41) is 0.726. The van der Waals surface area contributed by atoms with E-state index in [1.165, 1.54) is 0 Å². The van der Waals surface area contributed by atoms with Crippen LogP contribution in [0.2, 0.25) is 5.02 Å². The van der Waals surface area contributed by atoms with E-state index in [0.717, 1.165) is 38.8 Å². The van der Waals surface area contributed by atoms with Crippen LogP contribution in [0.5, 0.6) is 5.75 Å². The smallest absolute Gasteiger partial charge is 0.150 e. The van der Waals surface area contributed by atoms with Crippen LogP contribution in [0.1, 0.15) is 56.1 Å². The van der Waals surface area contributed by atoms with Crippen molar-refractivity contribution in [3.8, 4) is 5.75 Å². The Hall–Kier alpha value is -1.79. The maximum atomic E-state index is 6.45. The molecule has 5 nitrogen and oxygen atoms in total. The number of ether oxygens (including phenoxy) is 1. The quantitative estimate of drug-likeness (QED) is 0.532. The number of aromatic nitrogens is 3. The Labute approximate surface area is 174 Å². The molecule has 0 saturated carbocycles. The number of nitrogens with two attached hydrogens (primary N) is 1. The van der Waals surface area contributed by atoms with E-state index < -0.39 is 0 Å². The molecule has 2 N–H and O–H groups in total. The molecule has 0 fully saturated rings. The summed E-state index contributed by atoms with van der Waals surface area (Å²) >= 11 is 9.94. The van der Waals surface area contributed by atoms with Crippen LogP contribution in [0.4, 0.5) is 5.82 Å². The van der Waals surface area contributed by atoms with Gasteiger partial charge in [-0.15, -0.1) is 0 Å². The topological polar surface area (TPSA) is 65.4 Å². The number of benzene rings is 1. The van der Waals surface area contributed by atoms with Gasteiger partial charge in [0.05, 0.1) is 6.61 Å². The summed E-state index contributed by atoms with van der Waals surface area (Å²) in [5.41, 5.74) is 9.86. The summed E-state index contributed by atoms with van der Waals surface area (Å²) in [4.78, 5) is 8.81. The number of anilines is 1. The van der Waals surface area contributed by atoms with Crippen LogP contribution in [0.15, 0.2) is 23.1 Å². The zero-order valence-corrected chi connectivity index (χ0v) is 18.9. The number of hydrogen-bond donors (Lipinski definition) is 1. The Morgan fingerprint density at radius 2 is 1.96 bits per heavy atom. The first kappa shape index (κ1) is 21.5. The van der Waals surface area contributed by atoms with Gasteiger partial charge in [-0.3, -0.25) is 4.40 Å². The van der Waals surface area contributed by atoms with Crippen molar-refractivity contribution in [1.82, 2.24) is 14.4 Å². The molecule has 7 heteroatoms. The van der Waals surface area contributed by atoms with Crippen molar-refractivity contribution < 1.29 is 4.74 Å². The first-order valence-corrected chi connectivity index (χ1v) is 10.2. The third-order valence-corrected chi connectivity index (χ3v) is 5.46. The van der Waals surface area contributed by atoms with Crippen LogP contribution in [0.3, 0.4) is 0 Å². The summed E-state index contributed by atoms with van der Waals surface area (Å²) in [6.07, 6.45) is 3.53. The Balaban J connectivity index is 0.00000126. The molecular weight excluding hydrogens is 428 g/mol. The van der Waals surface area contributed by atoms with Crippen LogP contribution in [-0.4, -0.2) is 21.0 Å². The lowest BCUT2D eigenvalue weighted by molar-refractivity contribution is 0.332. The number of imidazole rings is 1. The lowest BCUT2D eigenvalue weighted by Gasteiger charge is -2.20. The molecule has 146 valence electrons. The zero-order valence-electron chi connectivity index (χ0n) is 16.6. The highest BCUT2D eigenvalue weighted by atomic mass is 79.9. The molecule has 2 heterocycles. The van der Waals surface area contributed by atoms with Gasteiger partial charge in [0.25, 0.3) is 0 Å². The third-order valence-electron chi connectivity index (χ3n) is 4.52. The maximum absolute atomic E-state index is 6.45. The molecule has 0 aliphatic heterocycles. The molecule has 2 aromatic heterocycles. The molecule has 0 radical (unpaired) electrons. The van der Waals surface area contributed by atoms with Crippen molar-refractivity contribution in [3.63, 3.8) is 0 Å². The summed E-state index contributed by atoms with van der Waals surface area (Å²) in [5.74, 6) is 2.10. The predicted molar refractivity (Wildman–Crippen MR) is 116 cm³/mol. The summed E-state index contributed by atoms with van der Waals surface area (Å²) in [7, 11) is 0. The Morgan fingerprint density at radius 1 is 1.30 bits per heavy atom. The zero-order chi connectivity index (χ0) is 20.3. The molecule has 1 atom stereocenters. The average molecular weight is 454 g/mol. The summed E-state index contributed by atoms with van der Waals surface area (Å²) in [6.45, 7) is 12.7. The van der Waals surface area contributed by atoms with Gasteiger partial charge in [-0.05, 0) is 53.9 Å². The minimum Gasteiger partial charge on any atom is -0.493 e. The van der Waals surface area contributed by atoms with Gasteiger partial charge in [0.2, 0.25) is 0 Å². The standard InChI is InChI=1S/C18H20BrClN4O.C2H6/c1-5-25-15-10(3)9(2)13(20)8-12(15)11(4)18-23-16(19)14-17(21)22-6-7-24(14)18;1-2/h6-8,11H,5H2,1-4H3,(H2,21,22);1-2H3. The van der Waals surface area contributed by atoms with E-state index in [0.29, 0.717) is 17.0 Å². The minimum absolute atomic E-state index is 0.0426. The van der Waals surface area contributed by atoms with E-state index in [1.807, 2.05) is 51.3 Å². The van der Waals surface area contributed by atoms with Gasteiger partial charge in [-0.25, -0.2) is 9.97 Å². The fourth-order valence-corrected chi connectivity index (χ4v) is 3.86. The normalized spacial score (nSPS) is 11.9. The molecular formula is C20H26BrClN4O. The highest BCUT2D eigenvalue weighted by Gasteiger charge is 2.24. The van der Waals surface area contributed by atoms with Crippen molar-refractivity contribution in [2.24, 2.45) is 0 Å². The molecule has 3 rings (SSSR count). The van der Waals surface area contributed by atoms with Crippen molar-refractivity contribution in [2.75, 3.05) is 12.3 Å². The summed E-state index contributed by atoms with van der Waals surface area (Å²) in [6, 6.07) is 1.97. The first-order valence-electron chi connectivity index (χ1n) is 9.07. The van der Waals surface area contributed by atoms with E-state index in [4.69, 9.17) is 22.1 Å². The van der Waals surface area contributed by atoms with E-state index >= 15 is 0 Å². The third kappa shape index (κ3) is 3.92. The number of rotatable bonds is 4. The SMILES string of the molecule is CC.CCOc1c(C(C)c2nc(Br)c3c(N)nccn23)cc(Cl)c(C)c1C. The molecule has 0 amide bonds. The van der Waals surface area contributed by atoms with E-state index in [9.17, 15) is 0 Å². The molecule has 0 saturated heterocycles. The van der Waals surface area contributed by atoms with Crippen molar-refractivity contribution in [2.45, 2.75) is 47.5 Å². The molecule has 0 aliphatic carbocycles. The Bertz CT molecular complexity index is 955. The lowest BCUT2D eigenvalue weighted by Crippen LogP contribution is -2.08. The monoisotopic (exact) mass is 452 g/mol. The van der Waals surface area contributed by atoms with Gasteiger partial charge in [0.15, 0.2) is 5.82 Å². The fourth-order valence-electron chi connectivity index (χ4n) is 3.02. The molecule has 0 spiro atoms. The summed E-state index contributed by atoms with van der Waals surface area (Å²) < 4.78 is 8.57. The number of halogens is 2. The van der Waals surface area contributed by atoms with Crippen LogP contribution >= 0.6 is 27.5 Å². The second-order valence-electron chi connectivity index (χ2n) is 5.97. The Kier molecular flexibility index (Phi) is 7.12. The highest BCUT2D eigenvalue weighted by molar-refractivity contribution is 9.10. The number of nitrogen functional groups attached to an aromatic ring is 1. The van der Waals surface area contributed by atoms with Gasteiger partial charge in [0.1, 0.15) is 21.7 Å². The van der Waals surface area contributed by atoms with Crippen molar-refractivity contribution in [1.29, 1.82) is 0 Å². The molecule has 1 unspecified atom stereocenters. The Morgan fingerprint density at radius 3 is 2.59 bits per heavy atom. The molecule has 1 aromatic carbocycles. The minimum atomic E-state index is -0.0426. The maximum Gasteiger partial charge on any atom is 0.150 e. The van der Waals surface area contributed by atoms with Gasteiger partial charge < -0.3 is 10.5 Å². The van der Waals surface area contributed by atoms with Crippen LogP contribution < -0.4 is 10.5 Å². The average Bonchev–Trinajstić information content (AvgIpc) is 3.01. The van der Waals surface area contributed by atoms with Crippen LogP contribution in [0.25, 0.3) is 5.52 Å². The van der Waals surface area contributed by atoms with Crippen LogP contribution in [-0.2, 0) is 0 Å². The van der Waals surface area contributed by atoms with Gasteiger partial charge in [0, 0.05) is 28.9 Å². The van der Waals surface area contributed by atoms with Gasteiger partial charge in [-0.1, -0.05) is 32.4 Å². The van der Waals surface area contributed by atoms with Gasteiger partial charge >= 0.3 is 0 Å². The van der Waals surface area contributed by atoms with Crippen molar-refractivity contribution >= 4 is 38.9 Å². The van der Waals surface area contributed by atoms with E-state index in [-0.39, 0.29) is 5.92 Å². The second-order valence-corrected chi connectivity index (χ2v) is 7.13. The number of nitrogens with zero attached hydrogens (tertiary/aromatic N) is 3. The van der Waals surface area contributed by atoms with Gasteiger partial charge in [-0.2, -0.15) is 0 Å². The largest absolute Gasteiger partial charge is 0.493 e. The second kappa shape index (κ2) is 8.93. The molecule has 3 aromatic rings. The molecule has 0 aliphatic rings.